The van der Waals surface area contributed by atoms with Crippen LogP contribution in [0.15, 0.2) is 30.9 Å². The van der Waals surface area contributed by atoms with Crippen molar-refractivity contribution in [1.82, 2.24) is 5.32 Å². The summed E-state index contributed by atoms with van der Waals surface area (Å²) in [6.45, 7) is 6.80. The van der Waals surface area contributed by atoms with Crippen LogP contribution in [0, 0.1) is 0 Å². The molecule has 1 rings (SSSR count). The van der Waals surface area contributed by atoms with E-state index >= 15 is 0 Å². The van der Waals surface area contributed by atoms with Gasteiger partial charge in [0.1, 0.15) is 5.75 Å². The molecule has 0 aliphatic carbocycles. The summed E-state index contributed by atoms with van der Waals surface area (Å²) in [7, 11) is 0. The normalized spacial score (nSPS) is 10.1. The Morgan fingerprint density at radius 1 is 1.40 bits per heavy atom. The summed E-state index contributed by atoms with van der Waals surface area (Å²) in [6.07, 6.45) is 6.19. The molecule has 0 unspecified atom stereocenters. The molecule has 0 saturated carbocycles. The van der Waals surface area contributed by atoms with Crippen LogP contribution in [0.25, 0.3) is 0 Å². The Hall–Kier alpha value is -1.97. The molecular formula is C16H24N2O2. The molecule has 20 heavy (non-hydrogen) atoms. The maximum Gasteiger partial charge on any atom is 0.251 e. The van der Waals surface area contributed by atoms with Gasteiger partial charge in [-0.05, 0) is 24.6 Å². The van der Waals surface area contributed by atoms with Crippen molar-refractivity contribution in [1.29, 1.82) is 0 Å². The first-order chi connectivity index (χ1) is 9.69. The van der Waals surface area contributed by atoms with Crippen LogP contribution in [-0.4, -0.2) is 19.1 Å². The molecular weight excluding hydrogens is 252 g/mol. The van der Waals surface area contributed by atoms with E-state index in [1.165, 1.54) is 12.8 Å². The number of rotatable bonds is 9. The summed E-state index contributed by atoms with van der Waals surface area (Å²) >= 11 is 0. The van der Waals surface area contributed by atoms with Gasteiger partial charge in [0.2, 0.25) is 0 Å². The lowest BCUT2D eigenvalue weighted by Gasteiger charge is -2.10. The predicted molar refractivity (Wildman–Crippen MR) is 83.0 cm³/mol. The van der Waals surface area contributed by atoms with E-state index in [0.717, 1.165) is 12.8 Å². The van der Waals surface area contributed by atoms with Gasteiger partial charge in [-0.1, -0.05) is 32.3 Å². The van der Waals surface area contributed by atoms with Crippen molar-refractivity contribution < 1.29 is 9.53 Å². The first-order valence-corrected chi connectivity index (χ1v) is 7.10. The average Bonchev–Trinajstić information content (AvgIpc) is 2.46. The zero-order valence-electron chi connectivity index (χ0n) is 12.2. The SMILES string of the molecule is C=CCNC(=O)c1ccc(N)c(OCCCCCC)c1. The van der Waals surface area contributed by atoms with E-state index in [2.05, 4.69) is 18.8 Å². The predicted octanol–water partition coefficient (Wildman–Crippen LogP) is 3.14. The van der Waals surface area contributed by atoms with Crippen LogP contribution >= 0.6 is 0 Å². The molecule has 4 nitrogen and oxygen atoms in total. The Morgan fingerprint density at radius 2 is 2.20 bits per heavy atom. The van der Waals surface area contributed by atoms with Crippen LogP contribution in [0.1, 0.15) is 43.0 Å². The number of carbonyl (C=O) groups is 1. The summed E-state index contributed by atoms with van der Waals surface area (Å²) in [6, 6.07) is 5.08. The minimum atomic E-state index is -0.152. The van der Waals surface area contributed by atoms with Crippen molar-refractivity contribution in [2.24, 2.45) is 0 Å². The fraction of sp³-hybridized carbons (Fsp3) is 0.438. The molecule has 0 radical (unpaired) electrons. The molecule has 4 heteroatoms. The number of nitrogens with one attached hydrogen (secondary N) is 1. The van der Waals surface area contributed by atoms with Crippen molar-refractivity contribution in [3.05, 3.63) is 36.4 Å². The molecule has 1 aromatic carbocycles. The highest BCUT2D eigenvalue weighted by atomic mass is 16.5. The number of nitrogens with two attached hydrogens (primary N) is 1. The molecule has 3 N–H and O–H groups in total. The van der Waals surface area contributed by atoms with Crippen LogP contribution in [-0.2, 0) is 0 Å². The standard InChI is InChI=1S/C16H24N2O2/c1-3-5-6-7-11-20-15-12-13(8-9-14(15)17)16(19)18-10-4-2/h4,8-9,12H,2-3,5-7,10-11,17H2,1H3,(H,18,19). The zero-order valence-corrected chi connectivity index (χ0v) is 12.2. The van der Waals surface area contributed by atoms with E-state index in [9.17, 15) is 4.79 Å². The third-order valence-corrected chi connectivity index (χ3v) is 2.94. The number of benzene rings is 1. The van der Waals surface area contributed by atoms with Gasteiger partial charge in [0.05, 0.1) is 12.3 Å². The van der Waals surface area contributed by atoms with Crippen molar-refractivity contribution in [3.8, 4) is 5.75 Å². The summed E-state index contributed by atoms with van der Waals surface area (Å²) in [5.41, 5.74) is 6.96. The first kappa shape index (κ1) is 16.1. The average molecular weight is 276 g/mol. The third kappa shape index (κ3) is 5.34. The van der Waals surface area contributed by atoms with Crippen LogP contribution in [0.2, 0.25) is 0 Å². The van der Waals surface area contributed by atoms with Crippen molar-refractivity contribution in [2.45, 2.75) is 32.6 Å². The van der Waals surface area contributed by atoms with Crippen LogP contribution in [0.3, 0.4) is 0 Å². The molecule has 0 atom stereocenters. The summed E-state index contributed by atoms with van der Waals surface area (Å²) < 4.78 is 5.65. The Labute approximate surface area is 121 Å². The van der Waals surface area contributed by atoms with Crippen molar-refractivity contribution in [2.75, 3.05) is 18.9 Å². The second-order valence-corrected chi connectivity index (χ2v) is 4.66. The lowest BCUT2D eigenvalue weighted by Crippen LogP contribution is -2.23. The molecule has 0 aliphatic heterocycles. The lowest BCUT2D eigenvalue weighted by atomic mass is 10.1. The molecule has 1 amide bonds. The van der Waals surface area contributed by atoms with Gasteiger partial charge in [0.25, 0.3) is 5.91 Å². The van der Waals surface area contributed by atoms with Crippen molar-refractivity contribution in [3.63, 3.8) is 0 Å². The van der Waals surface area contributed by atoms with E-state index in [4.69, 9.17) is 10.5 Å². The van der Waals surface area contributed by atoms with Gasteiger partial charge in [-0.3, -0.25) is 4.79 Å². The Kier molecular flexibility index (Phi) is 7.25. The molecule has 0 fully saturated rings. The molecule has 0 bridgehead atoms. The van der Waals surface area contributed by atoms with Crippen LogP contribution in [0.4, 0.5) is 5.69 Å². The van der Waals surface area contributed by atoms with E-state index < -0.39 is 0 Å². The highest BCUT2D eigenvalue weighted by Gasteiger charge is 2.08. The number of anilines is 1. The van der Waals surface area contributed by atoms with Gasteiger partial charge in [0, 0.05) is 12.1 Å². The maximum atomic E-state index is 11.8. The van der Waals surface area contributed by atoms with E-state index in [-0.39, 0.29) is 5.91 Å². The molecule has 0 aromatic heterocycles. The molecule has 1 aromatic rings. The number of ether oxygens (including phenoxy) is 1. The maximum absolute atomic E-state index is 11.8. The topological polar surface area (TPSA) is 64.4 Å². The van der Waals surface area contributed by atoms with Crippen LogP contribution < -0.4 is 15.8 Å². The molecule has 0 aliphatic rings. The molecule has 0 heterocycles. The minimum Gasteiger partial charge on any atom is -0.491 e. The largest absolute Gasteiger partial charge is 0.491 e. The molecule has 0 spiro atoms. The third-order valence-electron chi connectivity index (χ3n) is 2.94. The van der Waals surface area contributed by atoms with Gasteiger partial charge in [-0.15, -0.1) is 6.58 Å². The second-order valence-electron chi connectivity index (χ2n) is 4.66. The van der Waals surface area contributed by atoms with Gasteiger partial charge < -0.3 is 15.8 Å². The fourth-order valence-electron chi connectivity index (χ4n) is 1.78. The van der Waals surface area contributed by atoms with E-state index in [1.807, 2.05) is 0 Å². The summed E-state index contributed by atoms with van der Waals surface area (Å²) in [4.78, 5) is 11.8. The lowest BCUT2D eigenvalue weighted by molar-refractivity contribution is 0.0957. The number of nitrogen functional groups attached to an aromatic ring is 1. The van der Waals surface area contributed by atoms with Gasteiger partial charge in [0.15, 0.2) is 0 Å². The Bertz CT molecular complexity index is 444. The molecule has 0 saturated heterocycles. The number of carbonyl (C=O) groups excluding carboxylic acids is 1. The van der Waals surface area contributed by atoms with Gasteiger partial charge in [-0.2, -0.15) is 0 Å². The number of amides is 1. The highest BCUT2D eigenvalue weighted by molar-refractivity contribution is 5.95. The smallest absolute Gasteiger partial charge is 0.251 e. The zero-order chi connectivity index (χ0) is 14.8. The van der Waals surface area contributed by atoms with E-state index in [0.29, 0.717) is 30.2 Å². The monoisotopic (exact) mass is 276 g/mol. The Morgan fingerprint density at radius 3 is 2.90 bits per heavy atom. The first-order valence-electron chi connectivity index (χ1n) is 7.10. The number of hydrogen-bond donors (Lipinski definition) is 2. The summed E-state index contributed by atoms with van der Waals surface area (Å²) in [5, 5.41) is 2.73. The highest BCUT2D eigenvalue weighted by Crippen LogP contribution is 2.23. The van der Waals surface area contributed by atoms with Gasteiger partial charge in [-0.25, -0.2) is 0 Å². The number of hydrogen-bond acceptors (Lipinski definition) is 3. The molecule has 110 valence electrons. The van der Waals surface area contributed by atoms with Crippen molar-refractivity contribution >= 4 is 11.6 Å². The van der Waals surface area contributed by atoms with Gasteiger partial charge >= 0.3 is 0 Å². The minimum absolute atomic E-state index is 0.152. The van der Waals surface area contributed by atoms with E-state index in [1.54, 1.807) is 24.3 Å². The second kappa shape index (κ2) is 9.02. The Balaban J connectivity index is 2.57. The summed E-state index contributed by atoms with van der Waals surface area (Å²) in [5.74, 6) is 0.425. The quantitative estimate of drug-likeness (QED) is 0.414. The van der Waals surface area contributed by atoms with Crippen LogP contribution in [0.5, 0.6) is 5.75 Å². The fourth-order valence-corrected chi connectivity index (χ4v) is 1.78. The number of unbranched alkanes of at least 4 members (excludes halogenated alkanes) is 3.